The van der Waals surface area contributed by atoms with Gasteiger partial charge in [-0.2, -0.15) is 4.73 Å². The number of carbonyl (C=O) groups is 1. The molecular weight excluding hydrogens is 287 g/mol. The summed E-state index contributed by atoms with van der Waals surface area (Å²) in [5.74, 6) is -0.401. The first kappa shape index (κ1) is 13.8. The molecule has 0 saturated heterocycles. The topological polar surface area (TPSA) is 43.3 Å². The number of hydrogen-bond acceptors (Lipinski definition) is 3. The summed E-state index contributed by atoms with van der Waals surface area (Å²) in [6.07, 6.45) is 3.29. The normalized spacial score (nSPS) is 11.9. The number of rotatable bonds is 4. The van der Waals surface area contributed by atoms with Crippen molar-refractivity contribution in [2.75, 3.05) is 5.32 Å². The summed E-state index contributed by atoms with van der Waals surface area (Å²) in [6, 6.07) is 8.08. The van der Waals surface area contributed by atoms with Crippen LogP contribution in [0.5, 0.6) is 0 Å². The van der Waals surface area contributed by atoms with Crippen molar-refractivity contribution in [2.45, 2.75) is 13.0 Å². The van der Waals surface area contributed by atoms with E-state index in [0.717, 1.165) is 0 Å². The molecule has 0 bridgehead atoms. The highest BCUT2D eigenvalue weighted by molar-refractivity contribution is 6.42. The van der Waals surface area contributed by atoms with Gasteiger partial charge in [-0.15, -0.1) is 0 Å². The van der Waals surface area contributed by atoms with Gasteiger partial charge in [0.25, 0.3) is 0 Å². The molecular formula is C13H12Cl2N2O2. The Morgan fingerprint density at radius 3 is 2.58 bits per heavy atom. The van der Waals surface area contributed by atoms with Crippen LogP contribution in [0, 0.1) is 0 Å². The van der Waals surface area contributed by atoms with Gasteiger partial charge >= 0.3 is 5.97 Å². The summed E-state index contributed by atoms with van der Waals surface area (Å²) in [4.78, 5) is 16.9. The van der Waals surface area contributed by atoms with E-state index in [-0.39, 0.29) is 0 Å². The van der Waals surface area contributed by atoms with E-state index in [0.29, 0.717) is 15.7 Å². The molecule has 1 aromatic heterocycles. The molecule has 0 spiro atoms. The lowest BCUT2D eigenvalue weighted by molar-refractivity contribution is -0.144. The van der Waals surface area contributed by atoms with E-state index < -0.39 is 12.0 Å². The highest BCUT2D eigenvalue weighted by Crippen LogP contribution is 2.25. The Morgan fingerprint density at radius 2 is 1.95 bits per heavy atom. The molecule has 0 fully saturated rings. The van der Waals surface area contributed by atoms with Gasteiger partial charge < -0.3 is 10.2 Å². The summed E-state index contributed by atoms with van der Waals surface area (Å²) < 4.78 is 1.34. The molecule has 6 heteroatoms. The lowest BCUT2D eigenvalue weighted by Gasteiger charge is -2.14. The van der Waals surface area contributed by atoms with Crippen molar-refractivity contribution >= 4 is 34.9 Å². The molecule has 100 valence electrons. The van der Waals surface area contributed by atoms with E-state index in [1.54, 1.807) is 49.6 Å². The van der Waals surface area contributed by atoms with Crippen LogP contribution in [0.15, 0.2) is 42.7 Å². The van der Waals surface area contributed by atoms with Crippen LogP contribution in [0.2, 0.25) is 10.0 Å². The number of anilines is 1. The van der Waals surface area contributed by atoms with Crippen molar-refractivity contribution in [1.82, 2.24) is 4.73 Å². The first-order valence-corrected chi connectivity index (χ1v) is 6.38. The van der Waals surface area contributed by atoms with Crippen molar-refractivity contribution in [2.24, 2.45) is 0 Å². The maximum Gasteiger partial charge on any atom is 0.354 e. The molecule has 0 radical (unpaired) electrons. The molecule has 1 aromatic carbocycles. The van der Waals surface area contributed by atoms with Gasteiger partial charge in [-0.3, -0.25) is 0 Å². The number of halogens is 2. The predicted octanol–water partition coefficient (Wildman–Crippen LogP) is 3.25. The fourth-order valence-corrected chi connectivity index (χ4v) is 1.76. The van der Waals surface area contributed by atoms with Crippen LogP contribution in [0.4, 0.5) is 5.69 Å². The minimum atomic E-state index is -0.514. The van der Waals surface area contributed by atoms with Crippen LogP contribution in [-0.2, 0) is 4.79 Å². The van der Waals surface area contributed by atoms with Gasteiger partial charge in [0.05, 0.1) is 10.0 Å². The van der Waals surface area contributed by atoms with Crippen molar-refractivity contribution in [3.63, 3.8) is 0 Å². The minimum absolute atomic E-state index is 0.401. The van der Waals surface area contributed by atoms with Crippen molar-refractivity contribution in [3.8, 4) is 0 Å². The Bertz CT molecular complexity index is 570. The van der Waals surface area contributed by atoms with Crippen LogP contribution >= 0.6 is 23.2 Å². The Hall–Kier alpha value is -1.65. The number of carbonyl (C=O) groups excluding carboxylic acids is 1. The van der Waals surface area contributed by atoms with Gasteiger partial charge in [-0.1, -0.05) is 23.2 Å². The average Bonchev–Trinajstić information content (AvgIpc) is 2.86. The monoisotopic (exact) mass is 298 g/mol. The SMILES string of the molecule is C[C@H](Nc1ccc(Cl)c(Cl)c1)C(=O)On1cccc1. The summed E-state index contributed by atoms with van der Waals surface area (Å²) >= 11 is 11.7. The maximum absolute atomic E-state index is 11.8. The average molecular weight is 299 g/mol. The zero-order valence-electron chi connectivity index (χ0n) is 10.1. The smallest absolute Gasteiger partial charge is 0.354 e. The highest BCUT2D eigenvalue weighted by Gasteiger charge is 2.15. The van der Waals surface area contributed by atoms with Gasteiger partial charge in [-0.05, 0) is 37.3 Å². The number of hydrogen-bond donors (Lipinski definition) is 1. The second-order valence-corrected chi connectivity index (χ2v) is 4.76. The number of nitrogens with zero attached hydrogens (tertiary/aromatic N) is 1. The molecule has 1 heterocycles. The summed E-state index contributed by atoms with van der Waals surface area (Å²) in [5, 5.41) is 3.89. The molecule has 0 saturated carbocycles. The van der Waals surface area contributed by atoms with Crippen LogP contribution in [-0.4, -0.2) is 16.7 Å². The van der Waals surface area contributed by atoms with Gasteiger partial charge in [0.2, 0.25) is 0 Å². The van der Waals surface area contributed by atoms with Crippen LogP contribution in [0.25, 0.3) is 0 Å². The summed E-state index contributed by atoms with van der Waals surface area (Å²) in [7, 11) is 0. The number of nitrogens with one attached hydrogen (secondary N) is 1. The fourth-order valence-electron chi connectivity index (χ4n) is 1.46. The fraction of sp³-hybridized carbons (Fsp3) is 0.154. The Labute approximate surface area is 120 Å². The predicted molar refractivity (Wildman–Crippen MR) is 75.6 cm³/mol. The second-order valence-electron chi connectivity index (χ2n) is 3.95. The molecule has 0 aliphatic rings. The van der Waals surface area contributed by atoms with Crippen LogP contribution in [0.3, 0.4) is 0 Å². The van der Waals surface area contributed by atoms with Crippen molar-refractivity contribution in [3.05, 3.63) is 52.8 Å². The Morgan fingerprint density at radius 1 is 1.26 bits per heavy atom. The number of aromatic nitrogens is 1. The van der Waals surface area contributed by atoms with E-state index in [2.05, 4.69) is 5.32 Å². The van der Waals surface area contributed by atoms with Gasteiger partial charge in [-0.25, -0.2) is 4.79 Å². The molecule has 4 nitrogen and oxygen atoms in total. The molecule has 0 aliphatic heterocycles. The van der Waals surface area contributed by atoms with Crippen LogP contribution in [0.1, 0.15) is 6.92 Å². The van der Waals surface area contributed by atoms with E-state index >= 15 is 0 Å². The Kier molecular flexibility index (Phi) is 4.35. The quantitative estimate of drug-likeness (QED) is 0.942. The van der Waals surface area contributed by atoms with E-state index in [1.165, 1.54) is 4.73 Å². The minimum Gasteiger partial charge on any atom is -0.372 e. The third-order valence-electron chi connectivity index (χ3n) is 2.43. The van der Waals surface area contributed by atoms with E-state index in [9.17, 15) is 4.79 Å². The first-order valence-electron chi connectivity index (χ1n) is 5.63. The van der Waals surface area contributed by atoms with Gasteiger partial charge in [0.15, 0.2) is 0 Å². The zero-order chi connectivity index (χ0) is 13.8. The lowest BCUT2D eigenvalue weighted by Crippen LogP contribution is -2.34. The molecule has 1 N–H and O–H groups in total. The van der Waals surface area contributed by atoms with Crippen LogP contribution < -0.4 is 10.2 Å². The van der Waals surface area contributed by atoms with E-state index in [1.807, 2.05) is 0 Å². The van der Waals surface area contributed by atoms with Crippen molar-refractivity contribution < 1.29 is 9.63 Å². The molecule has 0 amide bonds. The molecule has 0 aliphatic carbocycles. The summed E-state index contributed by atoms with van der Waals surface area (Å²) in [5.41, 5.74) is 0.700. The largest absolute Gasteiger partial charge is 0.372 e. The summed E-state index contributed by atoms with van der Waals surface area (Å²) in [6.45, 7) is 1.70. The standard InChI is InChI=1S/C13H12Cl2N2O2/c1-9(13(18)19-17-6-2-3-7-17)16-10-4-5-11(14)12(15)8-10/h2-9,16H,1H3/t9-/m0/s1. The number of benzene rings is 1. The molecule has 19 heavy (non-hydrogen) atoms. The third kappa shape index (κ3) is 3.66. The Balaban J connectivity index is 1.98. The lowest BCUT2D eigenvalue weighted by atomic mass is 10.2. The van der Waals surface area contributed by atoms with Crippen molar-refractivity contribution in [1.29, 1.82) is 0 Å². The third-order valence-corrected chi connectivity index (χ3v) is 3.17. The van der Waals surface area contributed by atoms with Gasteiger partial charge in [0.1, 0.15) is 6.04 Å². The molecule has 2 rings (SSSR count). The van der Waals surface area contributed by atoms with E-state index in [4.69, 9.17) is 28.0 Å². The molecule has 0 unspecified atom stereocenters. The zero-order valence-corrected chi connectivity index (χ0v) is 11.7. The maximum atomic E-state index is 11.8. The second kappa shape index (κ2) is 5.99. The van der Waals surface area contributed by atoms with Gasteiger partial charge in [0, 0.05) is 18.1 Å². The highest BCUT2D eigenvalue weighted by atomic mass is 35.5. The first-order chi connectivity index (χ1) is 9.06. The molecule has 1 atom stereocenters. The molecule has 2 aromatic rings.